The summed E-state index contributed by atoms with van der Waals surface area (Å²) < 4.78 is 5.70. The van der Waals surface area contributed by atoms with Crippen LogP contribution in [0.2, 0.25) is 5.02 Å². The van der Waals surface area contributed by atoms with Gasteiger partial charge in [-0.15, -0.1) is 0 Å². The van der Waals surface area contributed by atoms with Crippen molar-refractivity contribution >= 4 is 17.3 Å². The number of hydrogen-bond donors (Lipinski definition) is 1. The fourth-order valence-electron chi connectivity index (χ4n) is 1.82. The second-order valence-electron chi connectivity index (χ2n) is 4.24. The second-order valence-corrected chi connectivity index (χ2v) is 4.67. The van der Waals surface area contributed by atoms with E-state index < -0.39 is 4.92 Å². The quantitative estimate of drug-likeness (QED) is 0.686. The van der Waals surface area contributed by atoms with Gasteiger partial charge in [-0.2, -0.15) is 0 Å². The highest BCUT2D eigenvalue weighted by molar-refractivity contribution is 6.30. The average molecular weight is 293 g/mol. The van der Waals surface area contributed by atoms with Crippen molar-refractivity contribution < 1.29 is 9.66 Å². The first-order valence-electron chi connectivity index (χ1n) is 5.93. The van der Waals surface area contributed by atoms with Crippen molar-refractivity contribution in [2.75, 3.05) is 0 Å². The van der Waals surface area contributed by atoms with Gasteiger partial charge in [0.1, 0.15) is 5.75 Å². The van der Waals surface area contributed by atoms with Crippen LogP contribution in [0.5, 0.6) is 11.5 Å². The molecule has 2 rings (SSSR count). The maximum absolute atomic E-state index is 11.1. The van der Waals surface area contributed by atoms with Crippen molar-refractivity contribution in [1.82, 2.24) is 0 Å². The van der Waals surface area contributed by atoms with Crippen LogP contribution in [0.3, 0.4) is 0 Å². The number of nitrogens with zero attached hydrogens (tertiary/aromatic N) is 1. The Morgan fingerprint density at radius 2 is 2.10 bits per heavy atom. The fourth-order valence-corrected chi connectivity index (χ4v) is 1.98. The van der Waals surface area contributed by atoms with Crippen molar-refractivity contribution in [1.29, 1.82) is 0 Å². The van der Waals surface area contributed by atoms with Gasteiger partial charge < -0.3 is 10.5 Å². The summed E-state index contributed by atoms with van der Waals surface area (Å²) in [6.07, 6.45) is 0. The summed E-state index contributed by atoms with van der Waals surface area (Å²) in [5.41, 5.74) is 6.94. The number of ether oxygens (including phenoxy) is 1. The Kier molecular flexibility index (Phi) is 4.22. The molecule has 0 heterocycles. The van der Waals surface area contributed by atoms with Gasteiger partial charge >= 0.3 is 5.69 Å². The van der Waals surface area contributed by atoms with Gasteiger partial charge in [0, 0.05) is 23.2 Å². The van der Waals surface area contributed by atoms with Gasteiger partial charge in [0.05, 0.1) is 4.92 Å². The maximum atomic E-state index is 11.1. The lowest BCUT2D eigenvalue weighted by molar-refractivity contribution is -0.385. The molecule has 0 saturated heterocycles. The zero-order chi connectivity index (χ0) is 14.7. The Hall–Kier alpha value is -2.11. The average Bonchev–Trinajstić information content (AvgIpc) is 2.41. The van der Waals surface area contributed by atoms with Gasteiger partial charge in [0.15, 0.2) is 0 Å². The topological polar surface area (TPSA) is 78.4 Å². The molecule has 0 aliphatic heterocycles. The lowest BCUT2D eigenvalue weighted by Crippen LogP contribution is -2.01. The molecule has 0 spiro atoms. The van der Waals surface area contributed by atoms with Crippen LogP contribution in [-0.2, 0) is 6.54 Å². The minimum atomic E-state index is -0.477. The first kappa shape index (κ1) is 14.3. The number of hydrogen-bond acceptors (Lipinski definition) is 4. The summed E-state index contributed by atoms with van der Waals surface area (Å²) in [4.78, 5) is 10.6. The lowest BCUT2D eigenvalue weighted by atomic mass is 10.1. The minimum Gasteiger partial charge on any atom is -0.449 e. The van der Waals surface area contributed by atoms with Gasteiger partial charge in [-0.3, -0.25) is 10.1 Å². The molecule has 2 aromatic carbocycles. The van der Waals surface area contributed by atoms with E-state index in [1.54, 1.807) is 37.3 Å². The molecule has 5 nitrogen and oxygen atoms in total. The summed E-state index contributed by atoms with van der Waals surface area (Å²) in [5, 5.41) is 11.5. The maximum Gasteiger partial charge on any atom is 0.311 e. The highest BCUT2D eigenvalue weighted by atomic mass is 35.5. The van der Waals surface area contributed by atoms with Crippen LogP contribution in [0.25, 0.3) is 0 Å². The summed E-state index contributed by atoms with van der Waals surface area (Å²) in [6, 6.07) is 9.79. The summed E-state index contributed by atoms with van der Waals surface area (Å²) in [7, 11) is 0. The Morgan fingerprint density at radius 1 is 1.35 bits per heavy atom. The third-order valence-electron chi connectivity index (χ3n) is 2.85. The predicted octanol–water partition coefficient (Wildman–Crippen LogP) is 3.81. The van der Waals surface area contributed by atoms with E-state index in [2.05, 4.69) is 0 Å². The Bertz CT molecular complexity index is 659. The molecule has 0 aliphatic rings. The second kappa shape index (κ2) is 5.90. The predicted molar refractivity (Wildman–Crippen MR) is 77.3 cm³/mol. The largest absolute Gasteiger partial charge is 0.449 e. The zero-order valence-electron chi connectivity index (χ0n) is 10.8. The number of nitrogens with two attached hydrogens (primary N) is 1. The van der Waals surface area contributed by atoms with Gasteiger partial charge in [0.25, 0.3) is 0 Å². The van der Waals surface area contributed by atoms with E-state index in [9.17, 15) is 10.1 Å². The Labute approximate surface area is 121 Å². The molecule has 104 valence electrons. The van der Waals surface area contributed by atoms with E-state index in [0.29, 0.717) is 16.3 Å². The number of rotatable bonds is 4. The Balaban J connectivity index is 2.50. The first-order chi connectivity index (χ1) is 9.52. The van der Waals surface area contributed by atoms with E-state index in [4.69, 9.17) is 22.1 Å². The number of para-hydroxylation sites is 1. The summed E-state index contributed by atoms with van der Waals surface area (Å²) in [5.74, 6) is 0.631. The fraction of sp³-hybridized carbons (Fsp3) is 0.143. The molecule has 0 amide bonds. The van der Waals surface area contributed by atoms with Gasteiger partial charge in [-0.05, 0) is 24.6 Å². The van der Waals surface area contributed by atoms with E-state index in [-0.39, 0.29) is 18.0 Å². The van der Waals surface area contributed by atoms with E-state index in [1.165, 1.54) is 6.07 Å². The summed E-state index contributed by atoms with van der Waals surface area (Å²) in [6.45, 7) is 2.00. The number of nitro groups is 1. The summed E-state index contributed by atoms with van der Waals surface area (Å²) >= 11 is 5.93. The highest BCUT2D eigenvalue weighted by Gasteiger charge is 2.18. The standard InChI is InChI=1S/C14H13ClN2O3/c1-9-3-2-4-12(17(18)19)14(9)20-13-7-11(15)6-5-10(13)8-16/h2-7H,8,16H2,1H3. The molecular weight excluding hydrogens is 280 g/mol. The number of aryl methyl sites for hydroxylation is 1. The number of benzene rings is 2. The van der Waals surface area contributed by atoms with Gasteiger partial charge in [0.2, 0.25) is 5.75 Å². The minimum absolute atomic E-state index is 0.0899. The van der Waals surface area contributed by atoms with Crippen LogP contribution in [0.4, 0.5) is 5.69 Å². The number of halogens is 1. The molecule has 0 atom stereocenters. The van der Waals surface area contributed by atoms with E-state index in [0.717, 1.165) is 5.56 Å². The third kappa shape index (κ3) is 2.89. The molecule has 0 aliphatic carbocycles. The molecule has 0 aromatic heterocycles. The van der Waals surface area contributed by atoms with Crippen LogP contribution in [-0.4, -0.2) is 4.92 Å². The first-order valence-corrected chi connectivity index (χ1v) is 6.31. The third-order valence-corrected chi connectivity index (χ3v) is 3.08. The van der Waals surface area contributed by atoms with Crippen molar-refractivity contribution in [3.05, 3.63) is 62.7 Å². The molecule has 2 aromatic rings. The Morgan fingerprint density at radius 3 is 2.75 bits per heavy atom. The zero-order valence-corrected chi connectivity index (χ0v) is 11.6. The van der Waals surface area contributed by atoms with E-state index >= 15 is 0 Å². The molecule has 0 fully saturated rings. The molecular formula is C14H13ClN2O3. The van der Waals surface area contributed by atoms with Crippen LogP contribution in [0, 0.1) is 17.0 Å². The molecule has 20 heavy (non-hydrogen) atoms. The SMILES string of the molecule is Cc1cccc([N+](=O)[O-])c1Oc1cc(Cl)ccc1CN. The highest BCUT2D eigenvalue weighted by Crippen LogP contribution is 2.36. The smallest absolute Gasteiger partial charge is 0.311 e. The lowest BCUT2D eigenvalue weighted by Gasteiger charge is -2.12. The van der Waals surface area contributed by atoms with Crippen molar-refractivity contribution in [2.24, 2.45) is 5.73 Å². The molecule has 0 radical (unpaired) electrons. The molecule has 6 heteroatoms. The normalized spacial score (nSPS) is 10.3. The van der Waals surface area contributed by atoms with Crippen LogP contribution >= 0.6 is 11.6 Å². The molecule has 0 unspecified atom stereocenters. The van der Waals surface area contributed by atoms with Crippen molar-refractivity contribution in [2.45, 2.75) is 13.5 Å². The van der Waals surface area contributed by atoms with Crippen LogP contribution in [0.1, 0.15) is 11.1 Å². The van der Waals surface area contributed by atoms with Gasteiger partial charge in [-0.25, -0.2) is 0 Å². The molecule has 0 bridgehead atoms. The number of nitro benzene ring substituents is 1. The molecule has 0 saturated carbocycles. The van der Waals surface area contributed by atoms with Crippen LogP contribution < -0.4 is 10.5 Å². The van der Waals surface area contributed by atoms with E-state index in [1.807, 2.05) is 0 Å². The van der Waals surface area contributed by atoms with Crippen molar-refractivity contribution in [3.63, 3.8) is 0 Å². The monoisotopic (exact) mass is 292 g/mol. The van der Waals surface area contributed by atoms with Crippen molar-refractivity contribution in [3.8, 4) is 11.5 Å². The van der Waals surface area contributed by atoms with Crippen LogP contribution in [0.15, 0.2) is 36.4 Å². The molecule has 2 N–H and O–H groups in total. The van der Waals surface area contributed by atoms with Gasteiger partial charge in [-0.1, -0.05) is 29.8 Å².